The van der Waals surface area contributed by atoms with Crippen LogP contribution in [0.1, 0.15) is 263 Å². The summed E-state index contributed by atoms with van der Waals surface area (Å²) in [6.07, 6.45) is 34.9. The number of carbonyl (C=O) groups excluding carboxylic acids is 6. The fourth-order valence-corrected chi connectivity index (χ4v) is 9.47. The first-order valence-electron chi connectivity index (χ1n) is 32.4. The molecule has 1 saturated heterocycles. The summed E-state index contributed by atoms with van der Waals surface area (Å²) in [5.74, 6) is -5.37. The molecule has 1 unspecified atom stereocenters. The molecule has 0 saturated carbocycles. The molecule has 7 atom stereocenters. The van der Waals surface area contributed by atoms with Crippen molar-refractivity contribution in [3.05, 3.63) is 60.2 Å². The van der Waals surface area contributed by atoms with E-state index in [-0.39, 0.29) is 17.9 Å². The van der Waals surface area contributed by atoms with Crippen molar-refractivity contribution in [1.29, 1.82) is 0 Å². The molecule has 14 heteroatoms. The number of hydrogen-bond donors (Lipinski definition) is 1. The lowest BCUT2D eigenvalue weighted by Gasteiger charge is -2.44. The number of unbranched alkanes of at least 4 members (excludes halogenated alkanes) is 28. The Morgan fingerprint density at radius 1 is 0.545 bits per heavy atom. The van der Waals surface area contributed by atoms with Crippen LogP contribution < -0.4 is 5.32 Å². The highest BCUT2D eigenvalue weighted by Crippen LogP contribution is 2.31. The fraction of sp³-hybridized carbons (Fsp3) is 0.746. The monoisotopic (exact) mass is 1090 g/mol. The summed E-state index contributed by atoms with van der Waals surface area (Å²) in [7, 11) is 0. The van der Waals surface area contributed by atoms with E-state index in [0.29, 0.717) is 12.8 Å². The molecule has 0 aliphatic carbocycles. The number of rotatable bonds is 46. The zero-order valence-electron chi connectivity index (χ0n) is 51.4. The minimum atomic E-state index is -1.78. The molecular formula is C63H103NO13. The van der Waals surface area contributed by atoms with Gasteiger partial charge in [0.1, 0.15) is 18.8 Å². The standard InChI is InChI=1S/C63H103NO13/c1-7-9-11-13-15-17-19-21-22-23-24-25-26-27-28-30-32-34-36-38-43-47-58(69)64-55(48-72-63-61(75-53(6)68)60(74-52(5)67)59(73-51(4)66)57(77-63)49-71-50(3)65)56(76-62(70)54-44-40-39-41-45-54)46-42-37-35-33-31-29-20-18-16-14-12-10-8-2/h21-22,39-42,44-46,55-57,59-61,63H,7-20,23-38,43,47-49H2,1-6H3,(H,64,69)/b22-21-,46-42+/t55-,56+,57+,59-,60-,61+,63?/m0/s1/i3D,4D,5D,6D. The Kier molecular flexibility index (Phi) is 36.3. The van der Waals surface area contributed by atoms with Gasteiger partial charge in [-0.1, -0.05) is 204 Å². The summed E-state index contributed by atoms with van der Waals surface area (Å²) in [6, 6.07) is 7.27. The Hall–Kier alpha value is -4.56. The van der Waals surface area contributed by atoms with Gasteiger partial charge >= 0.3 is 29.8 Å². The first-order chi connectivity index (χ1) is 39.5. The topological polar surface area (TPSA) is 179 Å². The van der Waals surface area contributed by atoms with Crippen molar-refractivity contribution < 1.29 is 67.4 Å². The van der Waals surface area contributed by atoms with Crippen molar-refractivity contribution in [2.75, 3.05) is 13.2 Å². The molecule has 1 fully saturated rings. The third-order valence-electron chi connectivity index (χ3n) is 13.7. The number of amides is 1. The maximum absolute atomic E-state index is 14.0. The summed E-state index contributed by atoms with van der Waals surface area (Å²) < 4.78 is 70.8. The number of carbonyl (C=O) groups is 6. The number of ether oxygens (including phenoxy) is 7. The van der Waals surface area contributed by atoms with Gasteiger partial charge in [-0.05, 0) is 63.2 Å². The van der Waals surface area contributed by atoms with Crippen LogP contribution in [0, 0.1) is 0 Å². The molecule has 1 aromatic carbocycles. The van der Waals surface area contributed by atoms with Crippen molar-refractivity contribution in [2.24, 2.45) is 0 Å². The zero-order valence-corrected chi connectivity index (χ0v) is 47.4. The van der Waals surface area contributed by atoms with Crippen molar-refractivity contribution in [1.82, 2.24) is 5.32 Å². The molecule has 0 spiro atoms. The predicted molar refractivity (Wildman–Crippen MR) is 303 cm³/mol. The van der Waals surface area contributed by atoms with Crippen LogP contribution in [0.15, 0.2) is 54.6 Å². The van der Waals surface area contributed by atoms with Gasteiger partial charge in [0.05, 0.1) is 18.2 Å². The van der Waals surface area contributed by atoms with Crippen LogP contribution in [0.5, 0.6) is 0 Å². The summed E-state index contributed by atoms with van der Waals surface area (Å²) in [6.45, 7) is -0.165. The molecule has 1 N–H and O–H groups in total. The summed E-state index contributed by atoms with van der Waals surface area (Å²) in [5.41, 5.74) is 0.264. The van der Waals surface area contributed by atoms with Crippen LogP contribution >= 0.6 is 0 Å². The molecule has 1 aromatic rings. The Morgan fingerprint density at radius 3 is 1.48 bits per heavy atom. The van der Waals surface area contributed by atoms with Crippen LogP contribution in [0.4, 0.5) is 0 Å². The van der Waals surface area contributed by atoms with Crippen molar-refractivity contribution in [3.8, 4) is 0 Å². The fourth-order valence-electron chi connectivity index (χ4n) is 9.47. The van der Waals surface area contributed by atoms with E-state index in [2.05, 4.69) is 31.3 Å². The first kappa shape index (κ1) is 61.6. The third kappa shape index (κ3) is 34.8. The molecule has 77 heavy (non-hydrogen) atoms. The van der Waals surface area contributed by atoms with Gasteiger partial charge in [0.25, 0.3) is 0 Å². The molecule has 1 heterocycles. The van der Waals surface area contributed by atoms with Crippen LogP contribution in [-0.2, 0) is 57.1 Å². The van der Waals surface area contributed by atoms with Gasteiger partial charge in [0.15, 0.2) is 24.6 Å². The molecular weight excluding hydrogens is 979 g/mol. The molecule has 0 bridgehead atoms. The highest BCUT2D eigenvalue weighted by molar-refractivity contribution is 5.89. The number of allylic oxidation sites excluding steroid dienone is 3. The molecule has 1 aliphatic heterocycles. The second-order valence-electron chi connectivity index (χ2n) is 20.5. The molecule has 2 rings (SSSR count). The molecule has 1 aliphatic rings. The molecule has 0 aromatic heterocycles. The zero-order chi connectivity index (χ0) is 59.0. The van der Waals surface area contributed by atoms with Crippen LogP contribution in [0.3, 0.4) is 0 Å². The Morgan fingerprint density at radius 2 is 0.987 bits per heavy atom. The van der Waals surface area contributed by atoms with E-state index >= 15 is 0 Å². The van der Waals surface area contributed by atoms with Crippen LogP contribution in [-0.4, -0.2) is 91.8 Å². The lowest BCUT2D eigenvalue weighted by Crippen LogP contribution is -2.63. The minimum Gasteiger partial charge on any atom is -0.463 e. The van der Waals surface area contributed by atoms with E-state index < -0.39 is 114 Å². The SMILES string of the molecule is [2H]CC(=O)OC[C@H]1OC(OC[C@H](NC(=O)CCCCCCCCCCCCC/C=C\CCCCCCCC)[C@@H](/C=C/CCCCCCCCCCCCC)OC(=O)c2ccccc2)[C@H](OC(=O)C[2H])[C@@H](OC(=O)C[2H])[C@H]1OC(=O)C[2H]. The van der Waals surface area contributed by atoms with Gasteiger partial charge in [0.2, 0.25) is 5.91 Å². The maximum atomic E-state index is 14.0. The first-order valence-corrected chi connectivity index (χ1v) is 29.6. The third-order valence-corrected chi connectivity index (χ3v) is 13.7. The Bertz CT molecular complexity index is 1880. The van der Waals surface area contributed by atoms with Gasteiger partial charge in [-0.2, -0.15) is 0 Å². The van der Waals surface area contributed by atoms with Crippen molar-refractivity contribution in [2.45, 2.75) is 290 Å². The second kappa shape index (κ2) is 45.3. The van der Waals surface area contributed by atoms with Crippen molar-refractivity contribution in [3.63, 3.8) is 0 Å². The average Bonchev–Trinajstić information content (AvgIpc) is 3.58. The number of hydrogen-bond acceptors (Lipinski definition) is 13. The second-order valence-corrected chi connectivity index (χ2v) is 20.5. The predicted octanol–water partition coefficient (Wildman–Crippen LogP) is 14.4. The molecule has 1 amide bonds. The Balaban J connectivity index is 2.25. The van der Waals surface area contributed by atoms with Crippen molar-refractivity contribution >= 4 is 35.8 Å². The van der Waals surface area contributed by atoms with Gasteiger partial charge in [0, 0.05) is 39.5 Å². The van der Waals surface area contributed by atoms with E-state index in [4.69, 9.17) is 38.6 Å². The largest absolute Gasteiger partial charge is 0.463 e. The van der Waals surface area contributed by atoms with E-state index in [9.17, 15) is 28.8 Å². The van der Waals surface area contributed by atoms with Gasteiger partial charge < -0.3 is 38.5 Å². The van der Waals surface area contributed by atoms with Gasteiger partial charge in [-0.15, -0.1) is 0 Å². The molecule has 0 radical (unpaired) electrons. The lowest BCUT2D eigenvalue weighted by atomic mass is 9.98. The highest BCUT2D eigenvalue weighted by Gasteiger charge is 2.53. The van der Waals surface area contributed by atoms with Crippen LogP contribution in [0.25, 0.3) is 0 Å². The van der Waals surface area contributed by atoms with Gasteiger partial charge in [-0.25, -0.2) is 4.79 Å². The number of nitrogens with one attached hydrogen (secondary N) is 1. The summed E-state index contributed by atoms with van der Waals surface area (Å²) in [4.78, 5) is 78.3. The molecule has 14 nitrogen and oxygen atoms in total. The van der Waals surface area contributed by atoms with Crippen LogP contribution in [0.2, 0.25) is 0 Å². The smallest absolute Gasteiger partial charge is 0.338 e. The number of benzene rings is 1. The maximum Gasteiger partial charge on any atom is 0.338 e. The summed E-state index contributed by atoms with van der Waals surface area (Å²) in [5, 5.41) is 3.01. The van der Waals surface area contributed by atoms with E-state index in [1.54, 1.807) is 36.4 Å². The van der Waals surface area contributed by atoms with E-state index in [1.807, 2.05) is 6.08 Å². The van der Waals surface area contributed by atoms with Gasteiger partial charge in [-0.3, -0.25) is 24.0 Å². The van der Waals surface area contributed by atoms with E-state index in [0.717, 1.165) is 51.4 Å². The quantitative estimate of drug-likeness (QED) is 0.0282. The van der Waals surface area contributed by atoms with E-state index in [1.165, 1.54) is 135 Å². The minimum absolute atomic E-state index is 0.161. The summed E-state index contributed by atoms with van der Waals surface area (Å²) >= 11 is 0. The number of esters is 5. The highest BCUT2D eigenvalue weighted by atomic mass is 16.7. The average molecular weight is 1090 g/mol. The molecule has 438 valence electrons. The lowest BCUT2D eigenvalue weighted by molar-refractivity contribution is -0.309. The Labute approximate surface area is 470 Å². The normalized spacial score (nSPS) is 18.9.